The van der Waals surface area contributed by atoms with Crippen LogP contribution in [0.5, 0.6) is 5.75 Å². The molecule has 2 N–H and O–H groups in total. The lowest BCUT2D eigenvalue weighted by Crippen LogP contribution is -2.12. The van der Waals surface area contributed by atoms with Crippen molar-refractivity contribution in [1.29, 1.82) is 0 Å². The highest BCUT2D eigenvalue weighted by molar-refractivity contribution is 5.95. The number of carbonyl (C=O) groups is 1. The maximum atomic E-state index is 12.8. The van der Waals surface area contributed by atoms with Gasteiger partial charge in [0.25, 0.3) is 0 Å². The van der Waals surface area contributed by atoms with Gasteiger partial charge < -0.3 is 14.7 Å². The number of nitrogens with one attached hydrogen (secondary N) is 2. The second kappa shape index (κ2) is 8.06. The molecule has 3 aromatic heterocycles. The van der Waals surface area contributed by atoms with Crippen molar-refractivity contribution in [2.24, 2.45) is 0 Å². The minimum absolute atomic E-state index is 0.0371. The zero-order valence-electron chi connectivity index (χ0n) is 18.7. The average Bonchev–Trinajstić information content (AvgIpc) is 3.52. The first-order valence-corrected chi connectivity index (χ1v) is 10.8. The number of hydrogen-bond donors (Lipinski definition) is 2. The van der Waals surface area contributed by atoms with Crippen LogP contribution in [-0.4, -0.2) is 25.9 Å². The molecule has 0 bridgehead atoms. The van der Waals surface area contributed by atoms with E-state index in [4.69, 9.17) is 14.7 Å². The largest absolute Gasteiger partial charge is 0.423 e. The first-order chi connectivity index (χ1) is 15.9. The summed E-state index contributed by atoms with van der Waals surface area (Å²) in [6.45, 7) is 6.44. The number of H-pyrrole nitrogens is 2. The number of nitrogens with zero attached hydrogens (tertiary/aromatic N) is 2. The summed E-state index contributed by atoms with van der Waals surface area (Å²) in [7, 11) is 0. The van der Waals surface area contributed by atoms with Crippen molar-refractivity contribution in [2.45, 2.75) is 26.2 Å². The summed E-state index contributed by atoms with van der Waals surface area (Å²) >= 11 is 0. The van der Waals surface area contributed by atoms with Gasteiger partial charge in [-0.1, -0.05) is 32.9 Å². The van der Waals surface area contributed by atoms with Crippen LogP contribution < -0.4 is 4.74 Å². The van der Waals surface area contributed by atoms with Crippen molar-refractivity contribution in [2.75, 3.05) is 0 Å². The number of benzene rings is 2. The fourth-order valence-corrected chi connectivity index (χ4v) is 3.70. The van der Waals surface area contributed by atoms with Crippen molar-refractivity contribution in [3.63, 3.8) is 0 Å². The molecule has 0 spiro atoms. The second-order valence-electron chi connectivity index (χ2n) is 8.96. The van der Waals surface area contributed by atoms with Crippen molar-refractivity contribution >= 4 is 17.0 Å². The van der Waals surface area contributed by atoms with E-state index in [-0.39, 0.29) is 5.41 Å². The quantitative estimate of drug-likeness (QED) is 0.262. The molecule has 0 fully saturated rings. The summed E-state index contributed by atoms with van der Waals surface area (Å²) in [5.41, 5.74) is 6.11. The Morgan fingerprint density at radius 3 is 1.94 bits per heavy atom. The van der Waals surface area contributed by atoms with E-state index in [1.165, 1.54) is 5.56 Å². The van der Waals surface area contributed by atoms with Gasteiger partial charge in [-0.15, -0.1) is 0 Å². The smallest absolute Gasteiger partial charge is 0.343 e. The molecule has 33 heavy (non-hydrogen) atoms. The van der Waals surface area contributed by atoms with Gasteiger partial charge in [-0.2, -0.15) is 0 Å². The van der Waals surface area contributed by atoms with E-state index in [1.54, 1.807) is 18.2 Å². The molecule has 0 aliphatic rings. The number of esters is 1. The van der Waals surface area contributed by atoms with Gasteiger partial charge in [0.2, 0.25) is 0 Å². The Labute approximate surface area is 191 Å². The molecule has 6 heteroatoms. The van der Waals surface area contributed by atoms with Crippen LogP contribution in [-0.2, 0) is 5.41 Å². The summed E-state index contributed by atoms with van der Waals surface area (Å²) in [6.07, 6.45) is 3.70. The number of rotatable bonds is 4. The van der Waals surface area contributed by atoms with Gasteiger partial charge >= 0.3 is 5.97 Å². The lowest BCUT2D eigenvalue weighted by atomic mass is 9.87. The lowest BCUT2D eigenvalue weighted by Gasteiger charge is -2.19. The van der Waals surface area contributed by atoms with Gasteiger partial charge in [-0.3, -0.25) is 0 Å². The van der Waals surface area contributed by atoms with E-state index in [9.17, 15) is 4.79 Å². The highest BCUT2D eigenvalue weighted by Crippen LogP contribution is 2.30. The summed E-state index contributed by atoms with van der Waals surface area (Å²) in [5.74, 6) is 0.0745. The first kappa shape index (κ1) is 20.7. The van der Waals surface area contributed by atoms with Crippen molar-refractivity contribution in [1.82, 2.24) is 19.9 Å². The average molecular weight is 437 g/mol. The maximum absolute atomic E-state index is 12.8. The normalized spacial score (nSPS) is 11.6. The van der Waals surface area contributed by atoms with Gasteiger partial charge in [0.05, 0.1) is 28.0 Å². The van der Waals surface area contributed by atoms with Crippen LogP contribution in [0, 0.1) is 0 Å². The maximum Gasteiger partial charge on any atom is 0.343 e. The van der Waals surface area contributed by atoms with Gasteiger partial charge in [-0.05, 0) is 65.6 Å². The standard InChI is InChI=1S/C27H24N4O2/c1-27(2,3)18-9-11-19(12-10-18)33-26(32)17-8-13-20-23(16-17)31-25(22-7-5-15-29-22)24(30-20)21-6-4-14-28-21/h4-16,28-29H,1-3H3. The van der Waals surface area contributed by atoms with E-state index in [1.807, 2.05) is 60.9 Å². The van der Waals surface area contributed by atoms with E-state index >= 15 is 0 Å². The fraction of sp³-hybridized carbons (Fsp3) is 0.148. The molecule has 5 aromatic rings. The van der Waals surface area contributed by atoms with E-state index in [0.717, 1.165) is 17.1 Å². The first-order valence-electron chi connectivity index (χ1n) is 10.8. The van der Waals surface area contributed by atoms with Crippen LogP contribution >= 0.6 is 0 Å². The number of fused-ring (bicyclic) bond motifs is 1. The van der Waals surface area contributed by atoms with Crippen LogP contribution in [0.25, 0.3) is 33.8 Å². The van der Waals surface area contributed by atoms with Crippen LogP contribution in [0.2, 0.25) is 0 Å². The predicted octanol–water partition coefficient (Wildman–Crippen LogP) is 6.14. The predicted molar refractivity (Wildman–Crippen MR) is 129 cm³/mol. The monoisotopic (exact) mass is 436 g/mol. The highest BCUT2D eigenvalue weighted by Gasteiger charge is 2.17. The molecule has 5 rings (SSSR count). The molecule has 0 radical (unpaired) electrons. The zero-order chi connectivity index (χ0) is 23.0. The molecule has 6 nitrogen and oxygen atoms in total. The topological polar surface area (TPSA) is 83.7 Å². The van der Waals surface area contributed by atoms with Gasteiger partial charge in [0.15, 0.2) is 0 Å². The minimum atomic E-state index is -0.433. The molecule has 0 aliphatic carbocycles. The molecule has 0 amide bonds. The van der Waals surface area contributed by atoms with Crippen molar-refractivity contribution < 1.29 is 9.53 Å². The van der Waals surface area contributed by atoms with Crippen molar-refractivity contribution in [3.8, 4) is 28.5 Å². The van der Waals surface area contributed by atoms with Gasteiger partial charge in [0.1, 0.15) is 17.1 Å². The lowest BCUT2D eigenvalue weighted by molar-refractivity contribution is 0.0735. The SMILES string of the molecule is CC(C)(C)c1ccc(OC(=O)c2ccc3nc(-c4ccc[nH]4)c(-c4ccc[nH]4)nc3c2)cc1. The van der Waals surface area contributed by atoms with Crippen LogP contribution in [0.1, 0.15) is 36.7 Å². The Morgan fingerprint density at radius 1 is 0.788 bits per heavy atom. The second-order valence-corrected chi connectivity index (χ2v) is 8.96. The Bertz CT molecular complexity index is 1410. The third-order valence-electron chi connectivity index (χ3n) is 5.54. The highest BCUT2D eigenvalue weighted by atomic mass is 16.5. The molecule has 0 atom stereocenters. The van der Waals surface area contributed by atoms with E-state index in [0.29, 0.717) is 28.0 Å². The van der Waals surface area contributed by atoms with E-state index < -0.39 is 5.97 Å². The molecule has 0 unspecified atom stereocenters. The number of ether oxygens (including phenoxy) is 1. The molecule has 2 aromatic carbocycles. The molecule has 0 aliphatic heterocycles. The third-order valence-corrected chi connectivity index (χ3v) is 5.54. The molecule has 3 heterocycles. The summed E-state index contributed by atoms with van der Waals surface area (Å²) in [5, 5.41) is 0. The molecular weight excluding hydrogens is 412 g/mol. The molecule has 0 saturated carbocycles. The minimum Gasteiger partial charge on any atom is -0.423 e. The molecule has 164 valence electrons. The summed E-state index contributed by atoms with van der Waals surface area (Å²) in [6, 6.07) is 20.6. The summed E-state index contributed by atoms with van der Waals surface area (Å²) in [4.78, 5) is 28.9. The van der Waals surface area contributed by atoms with Gasteiger partial charge in [0, 0.05) is 12.4 Å². The number of carbonyl (C=O) groups excluding carboxylic acids is 1. The van der Waals surface area contributed by atoms with Crippen LogP contribution in [0.3, 0.4) is 0 Å². The Hall–Kier alpha value is -4.19. The van der Waals surface area contributed by atoms with E-state index in [2.05, 4.69) is 30.7 Å². The number of hydrogen-bond acceptors (Lipinski definition) is 4. The number of aromatic nitrogens is 4. The Kier molecular flexibility index (Phi) is 5.05. The Morgan fingerprint density at radius 2 is 1.39 bits per heavy atom. The zero-order valence-corrected chi connectivity index (χ0v) is 18.7. The number of aromatic amines is 2. The van der Waals surface area contributed by atoms with Crippen molar-refractivity contribution in [3.05, 3.63) is 90.3 Å². The summed E-state index contributed by atoms with van der Waals surface area (Å²) < 4.78 is 5.60. The Balaban J connectivity index is 1.49. The third kappa shape index (κ3) is 4.15. The molecular formula is C27H24N4O2. The molecule has 0 saturated heterocycles. The van der Waals surface area contributed by atoms with Crippen LogP contribution in [0.4, 0.5) is 0 Å². The van der Waals surface area contributed by atoms with Crippen LogP contribution in [0.15, 0.2) is 79.1 Å². The van der Waals surface area contributed by atoms with Gasteiger partial charge in [-0.25, -0.2) is 14.8 Å². The fourth-order valence-electron chi connectivity index (χ4n) is 3.70.